The van der Waals surface area contributed by atoms with Gasteiger partial charge in [-0.1, -0.05) is 42.5 Å². The van der Waals surface area contributed by atoms with Gasteiger partial charge in [-0.3, -0.25) is 25.2 Å². The Morgan fingerprint density at radius 1 is 1.07 bits per heavy atom. The molecule has 28 heavy (non-hydrogen) atoms. The summed E-state index contributed by atoms with van der Waals surface area (Å²) in [6.45, 7) is 3.05. The number of benzene rings is 2. The third-order valence-corrected chi connectivity index (χ3v) is 4.53. The molecule has 1 heterocycles. The molecule has 0 saturated carbocycles. The number of carbonyl (C=O) groups is 3. The molecule has 0 aliphatic carbocycles. The van der Waals surface area contributed by atoms with Crippen molar-refractivity contribution in [3.05, 3.63) is 65.7 Å². The topological polar surface area (TPSA) is 87.7 Å². The molecule has 0 radical (unpaired) electrons. The van der Waals surface area contributed by atoms with Crippen molar-refractivity contribution in [2.24, 2.45) is 5.92 Å². The van der Waals surface area contributed by atoms with Gasteiger partial charge in [0.05, 0.1) is 18.1 Å². The van der Waals surface area contributed by atoms with Crippen molar-refractivity contribution in [3.8, 4) is 5.75 Å². The average molecular weight is 381 g/mol. The zero-order valence-corrected chi connectivity index (χ0v) is 15.7. The number of ether oxygens (including phenoxy) is 1. The fourth-order valence-electron chi connectivity index (χ4n) is 3.13. The Kier molecular flexibility index (Phi) is 6.26. The van der Waals surface area contributed by atoms with Gasteiger partial charge >= 0.3 is 0 Å². The van der Waals surface area contributed by atoms with E-state index in [9.17, 15) is 14.4 Å². The van der Waals surface area contributed by atoms with E-state index in [0.717, 1.165) is 5.56 Å². The minimum Gasteiger partial charge on any atom is -0.493 e. The lowest BCUT2D eigenvalue weighted by molar-refractivity contribution is -0.129. The Morgan fingerprint density at radius 3 is 2.54 bits per heavy atom. The molecule has 2 aromatic carbocycles. The van der Waals surface area contributed by atoms with E-state index in [1.54, 1.807) is 29.2 Å². The number of hydrogen-bond acceptors (Lipinski definition) is 4. The Morgan fingerprint density at radius 2 is 1.79 bits per heavy atom. The molecule has 2 N–H and O–H groups in total. The maximum absolute atomic E-state index is 12.4. The van der Waals surface area contributed by atoms with Gasteiger partial charge in [-0.15, -0.1) is 0 Å². The maximum atomic E-state index is 12.4. The zero-order chi connectivity index (χ0) is 19.9. The maximum Gasteiger partial charge on any atom is 0.273 e. The molecule has 7 heteroatoms. The first-order valence-corrected chi connectivity index (χ1v) is 9.22. The third kappa shape index (κ3) is 4.68. The van der Waals surface area contributed by atoms with Crippen LogP contribution >= 0.6 is 0 Å². The van der Waals surface area contributed by atoms with Gasteiger partial charge in [-0.2, -0.15) is 0 Å². The highest BCUT2D eigenvalue weighted by Crippen LogP contribution is 2.20. The van der Waals surface area contributed by atoms with E-state index >= 15 is 0 Å². The van der Waals surface area contributed by atoms with Gasteiger partial charge < -0.3 is 9.64 Å². The first-order chi connectivity index (χ1) is 13.6. The number of nitrogens with one attached hydrogen (secondary N) is 2. The Balaban J connectivity index is 1.54. The Hall–Kier alpha value is -3.35. The number of nitrogens with zero attached hydrogens (tertiary/aromatic N) is 1. The van der Waals surface area contributed by atoms with Crippen LogP contribution in [0.3, 0.4) is 0 Å². The van der Waals surface area contributed by atoms with Gasteiger partial charge in [-0.05, 0) is 24.6 Å². The largest absolute Gasteiger partial charge is 0.493 e. The van der Waals surface area contributed by atoms with Crippen LogP contribution in [0.5, 0.6) is 5.75 Å². The summed E-state index contributed by atoms with van der Waals surface area (Å²) < 4.78 is 5.42. The van der Waals surface area contributed by atoms with E-state index in [1.165, 1.54) is 0 Å². The summed E-state index contributed by atoms with van der Waals surface area (Å²) in [5, 5.41) is 0. The molecule has 1 aliphatic rings. The smallest absolute Gasteiger partial charge is 0.273 e. The van der Waals surface area contributed by atoms with Gasteiger partial charge in [0.2, 0.25) is 11.8 Å². The van der Waals surface area contributed by atoms with E-state index in [0.29, 0.717) is 31.0 Å². The zero-order valence-electron chi connectivity index (χ0n) is 15.7. The molecule has 0 bridgehead atoms. The molecule has 3 rings (SSSR count). The lowest BCUT2D eigenvalue weighted by Crippen LogP contribution is -2.45. The minimum atomic E-state index is -0.501. The normalized spacial score (nSPS) is 16.0. The monoisotopic (exact) mass is 381 g/mol. The predicted octanol–water partition coefficient (Wildman–Crippen LogP) is 1.89. The minimum absolute atomic E-state index is 0.0722. The molecule has 0 spiro atoms. The summed E-state index contributed by atoms with van der Waals surface area (Å²) in [5.41, 5.74) is 6.17. The van der Waals surface area contributed by atoms with Crippen LogP contribution in [0.25, 0.3) is 0 Å². The first-order valence-electron chi connectivity index (χ1n) is 9.22. The fraction of sp³-hybridized carbons (Fsp3) is 0.286. The highest BCUT2D eigenvalue weighted by Gasteiger charge is 2.34. The molecule has 3 amide bonds. The second-order valence-electron chi connectivity index (χ2n) is 6.53. The molecule has 0 aromatic heterocycles. The summed E-state index contributed by atoms with van der Waals surface area (Å²) in [5.74, 6) is -0.980. The molecule has 1 fully saturated rings. The Labute approximate surface area is 163 Å². The number of amides is 3. The highest BCUT2D eigenvalue weighted by molar-refractivity contribution is 5.98. The molecule has 1 saturated heterocycles. The van der Waals surface area contributed by atoms with Crippen LogP contribution in [-0.4, -0.2) is 35.8 Å². The molecule has 146 valence electrons. The van der Waals surface area contributed by atoms with Crippen LogP contribution in [0.15, 0.2) is 54.6 Å². The van der Waals surface area contributed by atoms with Crippen molar-refractivity contribution in [2.75, 3.05) is 13.2 Å². The number of likely N-dealkylation sites (tertiary alicyclic amines) is 1. The van der Waals surface area contributed by atoms with Crippen molar-refractivity contribution < 1.29 is 19.1 Å². The molecule has 1 unspecified atom stereocenters. The standard InChI is InChI=1S/C21H23N3O4/c1-2-28-18-11-7-6-10-17(18)21(27)23-22-20(26)16-12-19(25)24(14-16)13-15-8-4-3-5-9-15/h3-11,16H,2,12-14H2,1H3,(H,22,26)(H,23,27). The highest BCUT2D eigenvalue weighted by atomic mass is 16.5. The molecule has 2 aromatic rings. The summed E-state index contributed by atoms with van der Waals surface area (Å²) in [6, 6.07) is 16.4. The van der Waals surface area contributed by atoms with E-state index in [-0.39, 0.29) is 18.2 Å². The summed E-state index contributed by atoms with van der Waals surface area (Å²) >= 11 is 0. The van der Waals surface area contributed by atoms with Crippen molar-refractivity contribution in [2.45, 2.75) is 19.9 Å². The van der Waals surface area contributed by atoms with Gasteiger partial charge in [0, 0.05) is 19.5 Å². The lowest BCUT2D eigenvalue weighted by atomic mass is 10.1. The number of para-hydroxylation sites is 1. The van der Waals surface area contributed by atoms with Crippen LogP contribution < -0.4 is 15.6 Å². The van der Waals surface area contributed by atoms with E-state index < -0.39 is 11.8 Å². The SMILES string of the molecule is CCOc1ccccc1C(=O)NNC(=O)C1CC(=O)N(Cc2ccccc2)C1. The van der Waals surface area contributed by atoms with E-state index in [1.807, 2.05) is 37.3 Å². The average Bonchev–Trinajstić information content (AvgIpc) is 3.08. The molecule has 1 atom stereocenters. The van der Waals surface area contributed by atoms with Crippen LogP contribution in [0.4, 0.5) is 0 Å². The summed E-state index contributed by atoms with van der Waals surface area (Å²) in [4.78, 5) is 38.6. The van der Waals surface area contributed by atoms with Crippen molar-refractivity contribution >= 4 is 17.7 Å². The summed E-state index contributed by atoms with van der Waals surface area (Å²) in [7, 11) is 0. The van der Waals surface area contributed by atoms with Crippen molar-refractivity contribution in [1.29, 1.82) is 0 Å². The van der Waals surface area contributed by atoms with Crippen LogP contribution in [0, 0.1) is 5.92 Å². The number of hydrogen-bond donors (Lipinski definition) is 2. The van der Waals surface area contributed by atoms with Crippen LogP contribution in [0.2, 0.25) is 0 Å². The van der Waals surface area contributed by atoms with Gasteiger partial charge in [0.1, 0.15) is 5.75 Å². The quantitative estimate of drug-likeness (QED) is 0.748. The number of rotatable bonds is 6. The second-order valence-corrected chi connectivity index (χ2v) is 6.53. The Bertz CT molecular complexity index is 854. The first kappa shape index (κ1) is 19.4. The van der Waals surface area contributed by atoms with Crippen molar-refractivity contribution in [1.82, 2.24) is 15.8 Å². The summed E-state index contributed by atoms with van der Waals surface area (Å²) in [6.07, 6.45) is 0.129. The van der Waals surface area contributed by atoms with E-state index in [4.69, 9.17) is 4.74 Å². The molecule has 7 nitrogen and oxygen atoms in total. The van der Waals surface area contributed by atoms with Gasteiger partial charge in [0.15, 0.2) is 0 Å². The predicted molar refractivity (Wildman–Crippen MR) is 103 cm³/mol. The van der Waals surface area contributed by atoms with Gasteiger partial charge in [0.25, 0.3) is 5.91 Å². The van der Waals surface area contributed by atoms with Crippen molar-refractivity contribution in [3.63, 3.8) is 0 Å². The lowest BCUT2D eigenvalue weighted by Gasteiger charge is -2.17. The second kappa shape index (κ2) is 9.03. The molecule has 1 aliphatic heterocycles. The van der Waals surface area contributed by atoms with E-state index in [2.05, 4.69) is 10.9 Å². The van der Waals surface area contributed by atoms with Crippen LogP contribution in [0.1, 0.15) is 29.3 Å². The fourth-order valence-corrected chi connectivity index (χ4v) is 3.13. The molecular formula is C21H23N3O4. The number of hydrazine groups is 1. The number of carbonyl (C=O) groups excluding carboxylic acids is 3. The van der Waals surface area contributed by atoms with Crippen LogP contribution in [-0.2, 0) is 16.1 Å². The third-order valence-electron chi connectivity index (χ3n) is 4.53. The molecular weight excluding hydrogens is 358 g/mol. The van der Waals surface area contributed by atoms with Gasteiger partial charge in [-0.25, -0.2) is 0 Å².